The van der Waals surface area contributed by atoms with Crippen LogP contribution in [0.1, 0.15) is 49.0 Å². The molecule has 1 fully saturated rings. The molecule has 0 radical (unpaired) electrons. The van der Waals surface area contributed by atoms with E-state index in [1.165, 1.54) is 12.8 Å². The lowest BCUT2D eigenvalue weighted by atomic mass is 10.1. The van der Waals surface area contributed by atoms with E-state index in [0.717, 1.165) is 52.1 Å². The molecule has 3 heterocycles. The van der Waals surface area contributed by atoms with Crippen LogP contribution in [0.15, 0.2) is 35.0 Å². The van der Waals surface area contributed by atoms with Gasteiger partial charge in [0.15, 0.2) is 5.69 Å². The average Bonchev–Trinajstić information content (AvgIpc) is 3.41. The summed E-state index contributed by atoms with van der Waals surface area (Å²) in [5.74, 6) is 1.80. The third kappa shape index (κ3) is 2.67. The van der Waals surface area contributed by atoms with E-state index in [9.17, 15) is 0 Å². The highest BCUT2D eigenvalue weighted by molar-refractivity contribution is 6.03. The van der Waals surface area contributed by atoms with Crippen molar-refractivity contribution in [2.45, 2.75) is 45.1 Å². The monoisotopic (exact) mass is 357 g/mol. The van der Waals surface area contributed by atoms with Crippen LogP contribution in [0.5, 0.6) is 0 Å². The number of hydrogen-bond donors (Lipinski definition) is 0. The molecule has 0 saturated heterocycles. The number of aromatic nitrogens is 4. The van der Waals surface area contributed by atoms with Crippen LogP contribution in [-0.2, 0) is 6.42 Å². The molecule has 0 aliphatic heterocycles. The molecule has 0 spiro atoms. The highest BCUT2D eigenvalue weighted by Crippen LogP contribution is 2.37. The largest absolute Gasteiger partial charge is 0.361 e. The van der Waals surface area contributed by atoms with Gasteiger partial charge in [-0.05, 0) is 31.9 Å². The van der Waals surface area contributed by atoms with Crippen molar-refractivity contribution in [2.24, 2.45) is 0 Å². The Labute approximate surface area is 156 Å². The van der Waals surface area contributed by atoms with Crippen molar-refractivity contribution in [1.82, 2.24) is 19.7 Å². The summed E-state index contributed by atoms with van der Waals surface area (Å²) in [6.45, 7) is 9.27. The van der Waals surface area contributed by atoms with E-state index in [0.29, 0.717) is 18.2 Å². The van der Waals surface area contributed by atoms with Gasteiger partial charge in [-0.2, -0.15) is 0 Å². The number of rotatable bonds is 3. The van der Waals surface area contributed by atoms with Crippen molar-refractivity contribution < 1.29 is 4.52 Å². The number of fused-ring (bicyclic) bond motifs is 3. The molecule has 1 saturated carbocycles. The Balaban J connectivity index is 1.77. The Morgan fingerprint density at radius 3 is 2.81 bits per heavy atom. The first kappa shape index (κ1) is 16.0. The summed E-state index contributed by atoms with van der Waals surface area (Å²) in [6.07, 6.45) is 7.27. The standard InChI is InChI=1S/C21H19N5O/c1-13-9-15(25-27-13)11-20-24-19-12-23-18-8-7-14(22-2)10-17(18)21(19)26(20)16-5-3-4-6-16/h7-10,12,16H,3-6,11H2,1H3. The van der Waals surface area contributed by atoms with E-state index < -0.39 is 0 Å². The number of hydrogen-bond acceptors (Lipinski definition) is 4. The first-order chi connectivity index (χ1) is 13.2. The molecule has 0 unspecified atom stereocenters. The molecule has 1 aromatic carbocycles. The molecule has 1 aliphatic rings. The van der Waals surface area contributed by atoms with Gasteiger partial charge in [0.25, 0.3) is 0 Å². The summed E-state index contributed by atoms with van der Waals surface area (Å²) in [6, 6.07) is 8.08. The van der Waals surface area contributed by atoms with Gasteiger partial charge in [0, 0.05) is 17.5 Å². The highest BCUT2D eigenvalue weighted by Gasteiger charge is 2.24. The van der Waals surface area contributed by atoms with Crippen LogP contribution in [0, 0.1) is 13.5 Å². The average molecular weight is 357 g/mol. The molecule has 6 heteroatoms. The second-order valence-corrected chi connectivity index (χ2v) is 7.25. The van der Waals surface area contributed by atoms with Crippen molar-refractivity contribution in [2.75, 3.05) is 0 Å². The Kier molecular flexibility index (Phi) is 3.68. The molecular formula is C21H19N5O. The van der Waals surface area contributed by atoms with Crippen LogP contribution in [-0.4, -0.2) is 19.7 Å². The predicted octanol–water partition coefficient (Wildman–Crippen LogP) is 5.14. The number of imidazole rings is 1. The molecule has 0 N–H and O–H groups in total. The van der Waals surface area contributed by atoms with Crippen LogP contribution in [0.2, 0.25) is 0 Å². The van der Waals surface area contributed by atoms with Gasteiger partial charge in [-0.25, -0.2) is 9.83 Å². The smallest absolute Gasteiger partial charge is 0.188 e. The maximum absolute atomic E-state index is 7.37. The number of benzene rings is 1. The van der Waals surface area contributed by atoms with E-state index >= 15 is 0 Å². The number of nitrogens with zero attached hydrogens (tertiary/aromatic N) is 5. The minimum atomic E-state index is 0.431. The molecule has 6 nitrogen and oxygen atoms in total. The summed E-state index contributed by atoms with van der Waals surface area (Å²) >= 11 is 0. The summed E-state index contributed by atoms with van der Waals surface area (Å²) < 4.78 is 7.62. The predicted molar refractivity (Wildman–Crippen MR) is 103 cm³/mol. The summed E-state index contributed by atoms with van der Waals surface area (Å²) in [7, 11) is 0. The second-order valence-electron chi connectivity index (χ2n) is 7.25. The maximum Gasteiger partial charge on any atom is 0.188 e. The van der Waals surface area contributed by atoms with E-state index in [4.69, 9.17) is 16.1 Å². The molecule has 27 heavy (non-hydrogen) atoms. The lowest BCUT2D eigenvalue weighted by Gasteiger charge is -2.17. The van der Waals surface area contributed by atoms with Crippen LogP contribution in [0.3, 0.4) is 0 Å². The van der Waals surface area contributed by atoms with Gasteiger partial charge in [0.1, 0.15) is 17.1 Å². The zero-order chi connectivity index (χ0) is 18.4. The van der Waals surface area contributed by atoms with E-state index in [1.807, 2.05) is 37.4 Å². The van der Waals surface area contributed by atoms with Crippen LogP contribution < -0.4 is 0 Å². The lowest BCUT2D eigenvalue weighted by molar-refractivity contribution is 0.390. The third-order valence-corrected chi connectivity index (χ3v) is 5.41. The Morgan fingerprint density at radius 2 is 2.07 bits per heavy atom. The summed E-state index contributed by atoms with van der Waals surface area (Å²) in [4.78, 5) is 13.1. The van der Waals surface area contributed by atoms with Gasteiger partial charge in [-0.1, -0.05) is 24.1 Å². The normalized spacial score (nSPS) is 15.0. The number of pyridine rings is 1. The van der Waals surface area contributed by atoms with E-state index in [1.54, 1.807) is 0 Å². The SMILES string of the molecule is [C-]#[N+]c1ccc2ncc3nc(Cc4cc(C)on4)n(C4CCCC4)c3c2c1. The van der Waals surface area contributed by atoms with Crippen molar-refractivity contribution in [3.05, 3.63) is 59.2 Å². The molecule has 134 valence electrons. The molecule has 1 aliphatic carbocycles. The van der Waals surface area contributed by atoms with Crippen molar-refractivity contribution >= 4 is 27.6 Å². The van der Waals surface area contributed by atoms with Gasteiger partial charge in [0.2, 0.25) is 0 Å². The molecule has 3 aromatic heterocycles. The van der Waals surface area contributed by atoms with Crippen molar-refractivity contribution in [1.29, 1.82) is 0 Å². The molecule has 4 aromatic rings. The molecule has 0 atom stereocenters. The summed E-state index contributed by atoms with van der Waals surface area (Å²) in [5, 5.41) is 5.16. The van der Waals surface area contributed by atoms with Gasteiger partial charge in [-0.15, -0.1) is 0 Å². The van der Waals surface area contributed by atoms with Gasteiger partial charge >= 0.3 is 0 Å². The quantitative estimate of drug-likeness (QED) is 0.476. The first-order valence-corrected chi connectivity index (χ1v) is 9.32. The lowest BCUT2D eigenvalue weighted by Crippen LogP contribution is -2.10. The molecule has 0 amide bonds. The first-order valence-electron chi connectivity index (χ1n) is 9.32. The molecular weight excluding hydrogens is 338 g/mol. The van der Waals surface area contributed by atoms with Crippen LogP contribution >= 0.6 is 0 Å². The molecule has 5 rings (SSSR count). The number of aryl methyl sites for hydroxylation is 1. The minimum Gasteiger partial charge on any atom is -0.361 e. The Hall–Kier alpha value is -3.20. The van der Waals surface area contributed by atoms with Crippen LogP contribution in [0.25, 0.3) is 26.8 Å². The minimum absolute atomic E-state index is 0.431. The Bertz CT molecular complexity index is 1190. The summed E-state index contributed by atoms with van der Waals surface area (Å²) in [5.41, 5.74) is 4.39. The van der Waals surface area contributed by atoms with E-state index in [2.05, 4.69) is 19.6 Å². The fourth-order valence-electron chi connectivity index (χ4n) is 4.23. The fraction of sp³-hybridized carbons (Fsp3) is 0.333. The topological polar surface area (TPSA) is 61.1 Å². The van der Waals surface area contributed by atoms with Gasteiger partial charge < -0.3 is 9.09 Å². The van der Waals surface area contributed by atoms with Gasteiger partial charge in [-0.3, -0.25) is 4.98 Å². The second kappa shape index (κ2) is 6.20. The highest BCUT2D eigenvalue weighted by atomic mass is 16.5. The maximum atomic E-state index is 7.37. The van der Waals surface area contributed by atoms with E-state index in [-0.39, 0.29) is 0 Å². The third-order valence-electron chi connectivity index (χ3n) is 5.41. The fourth-order valence-corrected chi connectivity index (χ4v) is 4.23. The van der Waals surface area contributed by atoms with Gasteiger partial charge in [0.05, 0.1) is 35.9 Å². The van der Waals surface area contributed by atoms with Crippen LogP contribution in [0.4, 0.5) is 5.69 Å². The Morgan fingerprint density at radius 1 is 1.22 bits per heavy atom. The zero-order valence-electron chi connectivity index (χ0n) is 15.1. The zero-order valence-corrected chi connectivity index (χ0v) is 15.1. The van der Waals surface area contributed by atoms with Crippen molar-refractivity contribution in [3.63, 3.8) is 0 Å². The molecule has 0 bridgehead atoms. The van der Waals surface area contributed by atoms with Crippen molar-refractivity contribution in [3.8, 4) is 0 Å².